The van der Waals surface area contributed by atoms with E-state index in [1.165, 1.54) is 4.90 Å². The average Bonchev–Trinajstić information content (AvgIpc) is 2.57. The molecule has 0 bridgehead atoms. The van der Waals surface area contributed by atoms with Crippen LogP contribution in [0.25, 0.3) is 0 Å². The SMILES string of the molecule is Cc1ccc(N2CC(Br)CC2=O)c(C(=O)O)c1. The van der Waals surface area contributed by atoms with E-state index in [-0.39, 0.29) is 16.3 Å². The highest BCUT2D eigenvalue weighted by molar-refractivity contribution is 9.09. The number of hydrogen-bond donors (Lipinski definition) is 1. The second kappa shape index (κ2) is 4.49. The molecule has 1 saturated heterocycles. The minimum absolute atomic E-state index is 0.0433. The molecule has 0 saturated carbocycles. The summed E-state index contributed by atoms with van der Waals surface area (Å²) in [5.74, 6) is -1.05. The van der Waals surface area contributed by atoms with Gasteiger partial charge in [0.1, 0.15) is 0 Å². The minimum Gasteiger partial charge on any atom is -0.478 e. The van der Waals surface area contributed by atoms with E-state index in [0.29, 0.717) is 18.7 Å². The maximum Gasteiger partial charge on any atom is 0.337 e. The third-order valence-corrected chi connectivity index (χ3v) is 3.36. The van der Waals surface area contributed by atoms with Crippen LogP contribution < -0.4 is 4.90 Å². The van der Waals surface area contributed by atoms with Gasteiger partial charge < -0.3 is 10.0 Å². The second-order valence-corrected chi connectivity index (χ2v) is 5.43. The zero-order valence-corrected chi connectivity index (χ0v) is 10.9. The number of alkyl halides is 1. The monoisotopic (exact) mass is 297 g/mol. The molecule has 1 N–H and O–H groups in total. The zero-order chi connectivity index (χ0) is 12.6. The summed E-state index contributed by atoms with van der Waals surface area (Å²) in [5, 5.41) is 9.15. The lowest BCUT2D eigenvalue weighted by atomic mass is 10.1. The van der Waals surface area contributed by atoms with Crippen molar-refractivity contribution in [3.8, 4) is 0 Å². The van der Waals surface area contributed by atoms with Crippen LogP contribution >= 0.6 is 15.9 Å². The summed E-state index contributed by atoms with van der Waals surface area (Å²) in [6.45, 7) is 2.34. The van der Waals surface area contributed by atoms with Crippen molar-refractivity contribution in [1.29, 1.82) is 0 Å². The summed E-state index contributed by atoms with van der Waals surface area (Å²) in [6, 6.07) is 5.10. The van der Waals surface area contributed by atoms with Crippen LogP contribution in [0.3, 0.4) is 0 Å². The van der Waals surface area contributed by atoms with Gasteiger partial charge in [0, 0.05) is 17.8 Å². The predicted molar refractivity (Wildman–Crippen MR) is 67.8 cm³/mol. The van der Waals surface area contributed by atoms with Crippen molar-refractivity contribution < 1.29 is 14.7 Å². The lowest BCUT2D eigenvalue weighted by molar-refractivity contribution is -0.117. The van der Waals surface area contributed by atoms with Crippen molar-refractivity contribution in [2.24, 2.45) is 0 Å². The van der Waals surface area contributed by atoms with Crippen LogP contribution in [-0.4, -0.2) is 28.4 Å². The summed E-state index contributed by atoms with van der Waals surface area (Å²) in [4.78, 5) is 24.5. The van der Waals surface area contributed by atoms with E-state index < -0.39 is 5.97 Å². The van der Waals surface area contributed by atoms with Crippen molar-refractivity contribution in [1.82, 2.24) is 0 Å². The summed E-state index contributed by atoms with van der Waals surface area (Å²) in [5.41, 5.74) is 1.53. The van der Waals surface area contributed by atoms with Crippen LogP contribution in [-0.2, 0) is 4.79 Å². The Labute approximate surface area is 107 Å². The number of aromatic carboxylic acids is 1. The number of aryl methyl sites for hydroxylation is 1. The number of benzene rings is 1. The summed E-state index contributed by atoms with van der Waals surface area (Å²) < 4.78 is 0. The molecule has 1 heterocycles. The van der Waals surface area contributed by atoms with E-state index in [1.54, 1.807) is 12.1 Å². The minimum atomic E-state index is -1.01. The van der Waals surface area contributed by atoms with Crippen molar-refractivity contribution >= 4 is 33.5 Å². The molecule has 0 spiro atoms. The molecule has 5 heteroatoms. The smallest absolute Gasteiger partial charge is 0.337 e. The van der Waals surface area contributed by atoms with Crippen LogP contribution in [0, 0.1) is 6.92 Å². The number of carbonyl (C=O) groups is 2. The first-order chi connectivity index (χ1) is 7.99. The highest BCUT2D eigenvalue weighted by Gasteiger charge is 2.31. The molecule has 90 valence electrons. The summed E-state index contributed by atoms with van der Waals surface area (Å²) in [7, 11) is 0. The molecule has 2 rings (SSSR count). The van der Waals surface area contributed by atoms with Crippen LogP contribution in [0.1, 0.15) is 22.3 Å². The van der Waals surface area contributed by atoms with E-state index in [1.807, 2.05) is 13.0 Å². The standard InChI is InChI=1S/C12H12BrNO3/c1-7-2-3-10(9(4-7)12(16)17)14-6-8(13)5-11(14)15/h2-4,8H,5-6H2,1H3,(H,16,17). The van der Waals surface area contributed by atoms with Gasteiger partial charge in [0.2, 0.25) is 5.91 Å². The van der Waals surface area contributed by atoms with E-state index in [0.717, 1.165) is 5.56 Å². The number of anilines is 1. The second-order valence-electron chi connectivity index (χ2n) is 4.13. The number of rotatable bonds is 2. The molecule has 4 nitrogen and oxygen atoms in total. The van der Waals surface area contributed by atoms with Crippen LogP contribution in [0.4, 0.5) is 5.69 Å². The molecule has 1 aliphatic heterocycles. The average molecular weight is 298 g/mol. The van der Waals surface area contributed by atoms with Gasteiger partial charge in [0.15, 0.2) is 0 Å². The maximum absolute atomic E-state index is 11.7. The highest BCUT2D eigenvalue weighted by Crippen LogP contribution is 2.28. The molecular formula is C12H12BrNO3. The van der Waals surface area contributed by atoms with Gasteiger partial charge in [-0.3, -0.25) is 4.79 Å². The largest absolute Gasteiger partial charge is 0.478 e. The Bertz CT molecular complexity index is 487. The fourth-order valence-corrected chi connectivity index (χ4v) is 2.52. The maximum atomic E-state index is 11.7. The van der Waals surface area contributed by atoms with Gasteiger partial charge in [0.05, 0.1) is 11.3 Å². The molecule has 1 aromatic carbocycles. The molecule has 1 fully saturated rings. The fourth-order valence-electron chi connectivity index (χ4n) is 1.95. The summed E-state index contributed by atoms with van der Waals surface area (Å²) >= 11 is 3.38. The molecule has 17 heavy (non-hydrogen) atoms. The predicted octanol–water partition coefficient (Wildman–Crippen LogP) is 2.19. The molecule has 1 unspecified atom stereocenters. The van der Waals surface area contributed by atoms with Gasteiger partial charge in [-0.1, -0.05) is 27.6 Å². The van der Waals surface area contributed by atoms with E-state index in [9.17, 15) is 9.59 Å². The first kappa shape index (κ1) is 12.1. The Kier molecular flexibility index (Phi) is 3.19. The molecule has 1 amide bonds. The number of amides is 1. The zero-order valence-electron chi connectivity index (χ0n) is 9.31. The molecule has 1 atom stereocenters. The van der Waals surface area contributed by atoms with E-state index >= 15 is 0 Å². The first-order valence-electron chi connectivity index (χ1n) is 5.27. The number of carboxylic acids is 1. The molecule has 0 aliphatic carbocycles. The molecule has 0 radical (unpaired) electrons. The third-order valence-electron chi connectivity index (χ3n) is 2.75. The first-order valence-corrected chi connectivity index (χ1v) is 6.19. The summed E-state index contributed by atoms with van der Waals surface area (Å²) in [6.07, 6.45) is 0.410. The lowest BCUT2D eigenvalue weighted by Crippen LogP contribution is -2.26. The van der Waals surface area contributed by atoms with Crippen LogP contribution in [0.2, 0.25) is 0 Å². The third kappa shape index (κ3) is 2.34. The van der Waals surface area contributed by atoms with E-state index in [2.05, 4.69) is 15.9 Å². The van der Waals surface area contributed by atoms with Gasteiger partial charge >= 0.3 is 5.97 Å². The fraction of sp³-hybridized carbons (Fsp3) is 0.333. The van der Waals surface area contributed by atoms with Gasteiger partial charge in [-0.15, -0.1) is 0 Å². The van der Waals surface area contributed by atoms with Crippen molar-refractivity contribution in [3.63, 3.8) is 0 Å². The number of carbonyl (C=O) groups excluding carboxylic acids is 1. The Hall–Kier alpha value is -1.36. The van der Waals surface area contributed by atoms with Crippen molar-refractivity contribution in [2.75, 3.05) is 11.4 Å². The Morgan fingerprint density at radius 3 is 2.76 bits per heavy atom. The van der Waals surface area contributed by atoms with Crippen LogP contribution in [0.15, 0.2) is 18.2 Å². The normalized spacial score (nSPS) is 19.8. The van der Waals surface area contributed by atoms with Gasteiger partial charge in [0.25, 0.3) is 0 Å². The van der Waals surface area contributed by atoms with Crippen LogP contribution in [0.5, 0.6) is 0 Å². The molecule has 1 aromatic rings. The number of hydrogen-bond acceptors (Lipinski definition) is 2. The number of nitrogens with zero attached hydrogens (tertiary/aromatic N) is 1. The quantitative estimate of drug-likeness (QED) is 0.852. The van der Waals surface area contributed by atoms with Gasteiger partial charge in [-0.2, -0.15) is 0 Å². The molecular weight excluding hydrogens is 286 g/mol. The topological polar surface area (TPSA) is 57.6 Å². The highest BCUT2D eigenvalue weighted by atomic mass is 79.9. The Morgan fingerprint density at radius 2 is 2.24 bits per heavy atom. The van der Waals surface area contributed by atoms with Gasteiger partial charge in [-0.25, -0.2) is 4.79 Å². The number of halogens is 1. The Morgan fingerprint density at radius 1 is 1.53 bits per heavy atom. The molecule has 1 aliphatic rings. The molecule has 0 aromatic heterocycles. The number of carboxylic acid groups (broad SMARTS) is 1. The lowest BCUT2D eigenvalue weighted by Gasteiger charge is -2.18. The van der Waals surface area contributed by atoms with E-state index in [4.69, 9.17) is 5.11 Å². The Balaban J connectivity index is 2.45. The van der Waals surface area contributed by atoms with Crippen molar-refractivity contribution in [2.45, 2.75) is 18.2 Å². The van der Waals surface area contributed by atoms with Crippen molar-refractivity contribution in [3.05, 3.63) is 29.3 Å². The van der Waals surface area contributed by atoms with Gasteiger partial charge in [-0.05, 0) is 19.1 Å².